The van der Waals surface area contributed by atoms with Crippen LogP contribution in [0, 0.1) is 19.8 Å². The van der Waals surface area contributed by atoms with Crippen LogP contribution in [0.1, 0.15) is 46.8 Å². The van der Waals surface area contributed by atoms with Crippen LogP contribution in [0.2, 0.25) is 0 Å². The molecule has 132 valence electrons. The molecule has 2 aromatic rings. The molecule has 6 heteroatoms. The Bertz CT molecular complexity index is 735. The molecule has 1 fully saturated rings. The normalized spacial score (nSPS) is 17.5. The van der Waals surface area contributed by atoms with Crippen molar-refractivity contribution in [2.45, 2.75) is 39.5 Å². The summed E-state index contributed by atoms with van der Waals surface area (Å²) in [6, 6.07) is 5.35. The minimum Gasteiger partial charge on any atom is -0.361 e. The minimum atomic E-state index is -0.160. The predicted molar refractivity (Wildman–Crippen MR) is 92.2 cm³/mol. The molecule has 0 spiro atoms. The van der Waals surface area contributed by atoms with Crippen molar-refractivity contribution >= 4 is 11.7 Å². The lowest BCUT2D eigenvalue weighted by molar-refractivity contribution is -0.132. The number of carbonyl (C=O) groups excluding carboxylic acids is 2. The number of Topliss-reactive ketones (excluding diaryl/α,β-unsaturated/α-hetero) is 1. The van der Waals surface area contributed by atoms with Gasteiger partial charge in [0.15, 0.2) is 5.78 Å². The van der Waals surface area contributed by atoms with E-state index in [9.17, 15) is 9.59 Å². The minimum absolute atomic E-state index is 0.0313. The van der Waals surface area contributed by atoms with E-state index in [1.165, 1.54) is 0 Å². The SMILES string of the molecule is Cc1noc(C)c1CCC(=O)N1CCCC(C(=O)c2ccccn2)C1. The summed E-state index contributed by atoms with van der Waals surface area (Å²) in [4.78, 5) is 31.1. The number of likely N-dealkylation sites (tertiary alicyclic amines) is 1. The van der Waals surface area contributed by atoms with Gasteiger partial charge < -0.3 is 9.42 Å². The molecule has 6 nitrogen and oxygen atoms in total. The molecule has 3 heterocycles. The van der Waals surface area contributed by atoms with Crippen molar-refractivity contribution in [2.75, 3.05) is 13.1 Å². The number of aryl methyl sites for hydroxylation is 2. The average molecular weight is 341 g/mol. The Labute approximate surface area is 147 Å². The molecule has 0 bridgehead atoms. The first kappa shape index (κ1) is 17.3. The first-order valence-electron chi connectivity index (χ1n) is 8.71. The summed E-state index contributed by atoms with van der Waals surface area (Å²) in [6.45, 7) is 4.95. The third-order valence-electron chi connectivity index (χ3n) is 4.83. The summed E-state index contributed by atoms with van der Waals surface area (Å²) in [5, 5.41) is 3.92. The van der Waals surface area contributed by atoms with Gasteiger partial charge in [0, 0.05) is 37.2 Å². The maximum atomic E-state index is 12.6. The summed E-state index contributed by atoms with van der Waals surface area (Å²) in [6.07, 6.45) is 4.31. The van der Waals surface area contributed by atoms with E-state index in [0.29, 0.717) is 31.6 Å². The fourth-order valence-electron chi connectivity index (χ4n) is 3.38. The number of piperidine rings is 1. The summed E-state index contributed by atoms with van der Waals surface area (Å²) < 4.78 is 5.14. The van der Waals surface area contributed by atoms with Gasteiger partial charge >= 0.3 is 0 Å². The van der Waals surface area contributed by atoms with Gasteiger partial charge in [-0.25, -0.2) is 0 Å². The Kier molecular flexibility index (Phi) is 5.26. The van der Waals surface area contributed by atoms with E-state index in [0.717, 1.165) is 29.9 Å². The zero-order valence-corrected chi connectivity index (χ0v) is 14.7. The van der Waals surface area contributed by atoms with E-state index in [1.54, 1.807) is 18.3 Å². The van der Waals surface area contributed by atoms with Crippen molar-refractivity contribution in [1.82, 2.24) is 15.0 Å². The van der Waals surface area contributed by atoms with Gasteiger partial charge in [0.05, 0.1) is 5.69 Å². The van der Waals surface area contributed by atoms with E-state index >= 15 is 0 Å². The highest BCUT2D eigenvalue weighted by atomic mass is 16.5. The number of amides is 1. The van der Waals surface area contributed by atoms with Crippen LogP contribution < -0.4 is 0 Å². The molecule has 2 aromatic heterocycles. The third kappa shape index (κ3) is 3.95. The molecule has 25 heavy (non-hydrogen) atoms. The highest BCUT2D eigenvalue weighted by molar-refractivity contribution is 5.96. The molecule has 0 saturated carbocycles. The molecule has 1 unspecified atom stereocenters. The van der Waals surface area contributed by atoms with Gasteiger partial charge in [-0.05, 0) is 45.2 Å². The van der Waals surface area contributed by atoms with Crippen molar-refractivity contribution in [3.63, 3.8) is 0 Å². The zero-order chi connectivity index (χ0) is 17.8. The van der Waals surface area contributed by atoms with Crippen LogP contribution in [0.15, 0.2) is 28.9 Å². The standard InChI is InChI=1S/C19H23N3O3/c1-13-16(14(2)25-21-13)8-9-18(23)22-11-5-6-15(12-22)19(24)17-7-3-4-10-20-17/h3-4,7,10,15H,5-6,8-9,11-12H2,1-2H3. The lowest BCUT2D eigenvalue weighted by atomic mass is 9.91. The lowest BCUT2D eigenvalue weighted by Gasteiger charge is -2.32. The van der Waals surface area contributed by atoms with E-state index < -0.39 is 0 Å². The highest BCUT2D eigenvalue weighted by Crippen LogP contribution is 2.22. The van der Waals surface area contributed by atoms with E-state index in [4.69, 9.17) is 4.52 Å². The predicted octanol–water partition coefficient (Wildman–Crippen LogP) is 2.74. The molecule has 1 amide bonds. The first-order chi connectivity index (χ1) is 12.1. The molecule has 1 aliphatic heterocycles. The molecular formula is C19H23N3O3. The number of hydrogen-bond acceptors (Lipinski definition) is 5. The maximum Gasteiger partial charge on any atom is 0.222 e. The van der Waals surface area contributed by atoms with Crippen LogP contribution in [0.25, 0.3) is 0 Å². The Morgan fingerprint density at radius 1 is 1.32 bits per heavy atom. The molecule has 0 radical (unpaired) electrons. The van der Waals surface area contributed by atoms with Crippen LogP contribution in [0.3, 0.4) is 0 Å². The average Bonchev–Trinajstić information content (AvgIpc) is 2.98. The van der Waals surface area contributed by atoms with Crippen LogP contribution >= 0.6 is 0 Å². The van der Waals surface area contributed by atoms with Crippen LogP contribution in [0.4, 0.5) is 0 Å². The molecule has 1 atom stereocenters. The summed E-state index contributed by atoms with van der Waals surface area (Å²) >= 11 is 0. The monoisotopic (exact) mass is 341 g/mol. The van der Waals surface area contributed by atoms with Gasteiger partial charge in [0.2, 0.25) is 5.91 Å². The fourth-order valence-corrected chi connectivity index (χ4v) is 3.38. The van der Waals surface area contributed by atoms with Crippen molar-refractivity contribution in [3.8, 4) is 0 Å². The van der Waals surface area contributed by atoms with Gasteiger partial charge in [-0.15, -0.1) is 0 Å². The summed E-state index contributed by atoms with van der Waals surface area (Å²) in [5.74, 6) is 0.723. The topological polar surface area (TPSA) is 76.3 Å². The third-order valence-corrected chi connectivity index (χ3v) is 4.83. The number of hydrogen-bond donors (Lipinski definition) is 0. The zero-order valence-electron chi connectivity index (χ0n) is 14.7. The Morgan fingerprint density at radius 3 is 2.84 bits per heavy atom. The second kappa shape index (κ2) is 7.59. The molecule has 1 saturated heterocycles. The van der Waals surface area contributed by atoms with Crippen LogP contribution in [-0.4, -0.2) is 39.8 Å². The molecule has 1 aliphatic rings. The van der Waals surface area contributed by atoms with Gasteiger partial charge in [-0.3, -0.25) is 14.6 Å². The maximum absolute atomic E-state index is 12.6. The number of nitrogens with zero attached hydrogens (tertiary/aromatic N) is 3. The summed E-state index contributed by atoms with van der Waals surface area (Å²) in [5.41, 5.74) is 2.33. The Hall–Kier alpha value is -2.50. The van der Waals surface area contributed by atoms with Crippen molar-refractivity contribution in [3.05, 3.63) is 47.1 Å². The van der Waals surface area contributed by atoms with E-state index in [2.05, 4.69) is 10.1 Å². The lowest BCUT2D eigenvalue weighted by Crippen LogP contribution is -2.42. The molecule has 0 aromatic carbocycles. The van der Waals surface area contributed by atoms with Gasteiger partial charge in [-0.1, -0.05) is 11.2 Å². The number of carbonyl (C=O) groups is 2. The van der Waals surface area contributed by atoms with Crippen molar-refractivity contribution in [1.29, 1.82) is 0 Å². The number of aromatic nitrogens is 2. The first-order valence-corrected chi connectivity index (χ1v) is 8.71. The van der Waals surface area contributed by atoms with E-state index in [-0.39, 0.29) is 17.6 Å². The van der Waals surface area contributed by atoms with Gasteiger partial charge in [-0.2, -0.15) is 0 Å². The molecule has 0 aliphatic carbocycles. The highest BCUT2D eigenvalue weighted by Gasteiger charge is 2.29. The number of pyridine rings is 1. The number of ketones is 1. The Morgan fingerprint density at radius 2 is 2.16 bits per heavy atom. The number of rotatable bonds is 5. The van der Waals surface area contributed by atoms with E-state index in [1.807, 2.05) is 24.8 Å². The molecule has 3 rings (SSSR count). The van der Waals surface area contributed by atoms with Crippen LogP contribution in [0.5, 0.6) is 0 Å². The second-order valence-corrected chi connectivity index (χ2v) is 6.56. The Balaban J connectivity index is 1.59. The second-order valence-electron chi connectivity index (χ2n) is 6.56. The van der Waals surface area contributed by atoms with Gasteiger partial charge in [0.25, 0.3) is 0 Å². The van der Waals surface area contributed by atoms with Crippen molar-refractivity contribution < 1.29 is 14.1 Å². The smallest absolute Gasteiger partial charge is 0.222 e. The largest absolute Gasteiger partial charge is 0.361 e. The van der Waals surface area contributed by atoms with Crippen LogP contribution in [-0.2, 0) is 11.2 Å². The molecule has 0 N–H and O–H groups in total. The van der Waals surface area contributed by atoms with Gasteiger partial charge in [0.1, 0.15) is 11.5 Å². The summed E-state index contributed by atoms with van der Waals surface area (Å²) in [7, 11) is 0. The molecular weight excluding hydrogens is 318 g/mol. The quantitative estimate of drug-likeness (QED) is 0.782. The fraction of sp³-hybridized carbons (Fsp3) is 0.474. The van der Waals surface area contributed by atoms with Crippen molar-refractivity contribution in [2.24, 2.45) is 5.92 Å².